The van der Waals surface area contributed by atoms with Crippen molar-refractivity contribution in [1.82, 2.24) is 19.4 Å². The van der Waals surface area contributed by atoms with E-state index in [2.05, 4.69) is 65.6 Å². The van der Waals surface area contributed by atoms with Crippen LogP contribution in [0.2, 0.25) is 0 Å². The second-order valence-corrected chi connectivity index (χ2v) is 12.7. The molecule has 0 N–H and O–H groups in total. The standard InChI is InChI=1S/C29H44N2O4.C12H16N2O/c1-8-10-16-31(15-9-2)17-14-24(23-13-11-12-22(3)18-23)21-30(4)29(32)25-19-26(33-5)28(35-7)27(20-25)34-6;1-3-15-9-8-14-10(2)13-11-6-4-5-7-12(11)14/h11-13,18-20,24H,8-10,14-17,21H2,1-7H3;4-7H,3,8-9H2,1-2H3. The number of benzene rings is 3. The fourth-order valence-electron chi connectivity index (χ4n) is 6.28. The smallest absolute Gasteiger partial charge is 0.253 e. The third-order valence-electron chi connectivity index (χ3n) is 8.94. The summed E-state index contributed by atoms with van der Waals surface area (Å²) >= 11 is 0. The number of rotatable bonds is 19. The van der Waals surface area contributed by atoms with Crippen molar-refractivity contribution in [2.45, 2.75) is 72.8 Å². The molecule has 4 rings (SSSR count). The SMILES string of the molecule is CCCCN(CCC)CCC(CN(C)C(=O)c1cc(OC)c(OC)c(OC)c1)c1cccc(C)c1.CCOCCn1c(C)nc2ccccc21. The normalized spacial score (nSPS) is 11.6. The van der Waals surface area contributed by atoms with Crippen LogP contribution in [-0.2, 0) is 11.3 Å². The molecule has 0 saturated heterocycles. The van der Waals surface area contributed by atoms with E-state index in [0.717, 1.165) is 63.6 Å². The first-order chi connectivity index (χ1) is 24.2. The average molecular weight is 689 g/mol. The Bertz CT molecular complexity index is 1580. The molecular weight excluding hydrogens is 628 g/mol. The van der Waals surface area contributed by atoms with Crippen molar-refractivity contribution in [2.24, 2.45) is 0 Å². The molecule has 3 aromatic carbocycles. The minimum Gasteiger partial charge on any atom is -0.493 e. The van der Waals surface area contributed by atoms with Crippen molar-refractivity contribution in [3.8, 4) is 17.2 Å². The summed E-state index contributed by atoms with van der Waals surface area (Å²) in [5.74, 6) is 2.66. The second kappa shape index (κ2) is 21.2. The highest BCUT2D eigenvalue weighted by Gasteiger charge is 2.23. The van der Waals surface area contributed by atoms with Gasteiger partial charge in [0, 0.05) is 38.2 Å². The van der Waals surface area contributed by atoms with Crippen LogP contribution in [0.1, 0.15) is 79.7 Å². The van der Waals surface area contributed by atoms with Crippen LogP contribution >= 0.6 is 0 Å². The first-order valence-electron chi connectivity index (χ1n) is 18.0. The van der Waals surface area contributed by atoms with E-state index in [4.69, 9.17) is 18.9 Å². The van der Waals surface area contributed by atoms with Gasteiger partial charge in [0.2, 0.25) is 5.75 Å². The molecule has 1 heterocycles. The molecule has 0 aliphatic carbocycles. The average Bonchev–Trinajstić information content (AvgIpc) is 3.45. The highest BCUT2D eigenvalue weighted by molar-refractivity contribution is 5.95. The monoisotopic (exact) mass is 688 g/mol. The quantitative estimate of drug-likeness (QED) is 0.0921. The molecule has 0 radical (unpaired) electrons. The summed E-state index contributed by atoms with van der Waals surface area (Å²) < 4.78 is 23.9. The van der Waals surface area contributed by atoms with E-state index in [0.29, 0.717) is 29.4 Å². The fourth-order valence-corrected chi connectivity index (χ4v) is 6.28. The van der Waals surface area contributed by atoms with Crippen molar-refractivity contribution < 1.29 is 23.7 Å². The van der Waals surface area contributed by atoms with E-state index in [-0.39, 0.29) is 11.8 Å². The highest BCUT2D eigenvalue weighted by atomic mass is 16.5. The predicted molar refractivity (Wildman–Crippen MR) is 204 cm³/mol. The summed E-state index contributed by atoms with van der Waals surface area (Å²) in [4.78, 5) is 22.3. The number of nitrogens with zero attached hydrogens (tertiary/aromatic N) is 4. The molecule has 0 fully saturated rings. The number of aryl methyl sites for hydroxylation is 2. The number of hydrogen-bond donors (Lipinski definition) is 0. The molecule has 0 spiro atoms. The third-order valence-corrected chi connectivity index (χ3v) is 8.94. The van der Waals surface area contributed by atoms with Gasteiger partial charge in [-0.3, -0.25) is 4.79 Å². The van der Waals surface area contributed by atoms with E-state index in [1.165, 1.54) is 29.5 Å². The Hall–Kier alpha value is -4.08. The number of fused-ring (bicyclic) bond motifs is 1. The Morgan fingerprint density at radius 2 is 1.58 bits per heavy atom. The van der Waals surface area contributed by atoms with Crippen molar-refractivity contribution in [3.63, 3.8) is 0 Å². The molecule has 0 saturated carbocycles. The Morgan fingerprint density at radius 1 is 0.860 bits per heavy atom. The van der Waals surface area contributed by atoms with Gasteiger partial charge >= 0.3 is 0 Å². The van der Waals surface area contributed by atoms with Crippen LogP contribution in [0.4, 0.5) is 0 Å². The van der Waals surface area contributed by atoms with Gasteiger partial charge in [0.15, 0.2) is 11.5 Å². The number of methoxy groups -OCH3 is 3. The van der Waals surface area contributed by atoms with Gasteiger partial charge in [-0.15, -0.1) is 0 Å². The summed E-state index contributed by atoms with van der Waals surface area (Å²) in [5, 5.41) is 0. The maximum absolute atomic E-state index is 13.5. The van der Waals surface area contributed by atoms with Gasteiger partial charge in [-0.2, -0.15) is 0 Å². The van der Waals surface area contributed by atoms with Crippen LogP contribution in [0.15, 0.2) is 60.7 Å². The Morgan fingerprint density at radius 3 is 2.20 bits per heavy atom. The van der Waals surface area contributed by atoms with E-state index >= 15 is 0 Å². The Kier molecular flexibility index (Phi) is 17.1. The molecule has 9 nitrogen and oxygen atoms in total. The molecule has 0 aliphatic heterocycles. The topological polar surface area (TPSA) is 78.3 Å². The lowest BCUT2D eigenvalue weighted by molar-refractivity contribution is 0.0781. The molecule has 1 amide bonds. The molecule has 0 bridgehead atoms. The number of para-hydroxylation sites is 2. The highest BCUT2D eigenvalue weighted by Crippen LogP contribution is 2.38. The van der Waals surface area contributed by atoms with Crippen LogP contribution < -0.4 is 14.2 Å². The van der Waals surface area contributed by atoms with E-state index in [9.17, 15) is 4.79 Å². The second-order valence-electron chi connectivity index (χ2n) is 12.7. The van der Waals surface area contributed by atoms with Gasteiger partial charge in [0.1, 0.15) is 5.82 Å². The lowest BCUT2D eigenvalue weighted by Gasteiger charge is -2.28. The fraction of sp³-hybridized carbons (Fsp3) is 0.512. The first kappa shape index (κ1) is 40.4. The maximum Gasteiger partial charge on any atom is 0.253 e. The number of aromatic nitrogens is 2. The number of hydrogen-bond acceptors (Lipinski definition) is 7. The lowest BCUT2D eigenvalue weighted by Crippen LogP contribution is -2.33. The van der Waals surface area contributed by atoms with Gasteiger partial charge < -0.3 is 33.3 Å². The number of carbonyl (C=O) groups excluding carboxylic acids is 1. The summed E-state index contributed by atoms with van der Waals surface area (Å²) in [7, 11) is 6.55. The van der Waals surface area contributed by atoms with Crippen molar-refractivity contribution >= 4 is 16.9 Å². The number of ether oxygens (including phenoxy) is 4. The zero-order valence-corrected chi connectivity index (χ0v) is 32.0. The Labute approximate surface area is 300 Å². The third kappa shape index (κ3) is 11.5. The number of unbranched alkanes of at least 4 members (excludes halogenated alkanes) is 1. The molecule has 274 valence electrons. The van der Waals surface area contributed by atoms with Crippen LogP contribution in [0, 0.1) is 13.8 Å². The molecule has 1 aromatic heterocycles. The minimum atomic E-state index is -0.0710. The number of likely N-dealkylation sites (N-methyl/N-ethyl adjacent to an activating group) is 1. The molecule has 0 aliphatic rings. The molecular formula is C41H60N4O5. The predicted octanol–water partition coefficient (Wildman–Crippen LogP) is 8.16. The van der Waals surface area contributed by atoms with Crippen LogP contribution in [-0.4, -0.2) is 93.0 Å². The van der Waals surface area contributed by atoms with Gasteiger partial charge in [-0.25, -0.2) is 4.98 Å². The first-order valence-corrected chi connectivity index (χ1v) is 18.0. The van der Waals surface area contributed by atoms with Gasteiger partial charge in [-0.1, -0.05) is 62.2 Å². The number of imidazole rings is 1. The number of amides is 1. The maximum atomic E-state index is 13.5. The van der Waals surface area contributed by atoms with E-state index < -0.39 is 0 Å². The van der Waals surface area contributed by atoms with Crippen LogP contribution in [0.3, 0.4) is 0 Å². The molecule has 1 atom stereocenters. The minimum absolute atomic E-state index is 0.0710. The van der Waals surface area contributed by atoms with Gasteiger partial charge in [-0.05, 0) is 89.5 Å². The van der Waals surface area contributed by atoms with Crippen molar-refractivity contribution in [1.29, 1.82) is 0 Å². The largest absolute Gasteiger partial charge is 0.493 e. The number of carbonyl (C=O) groups is 1. The molecule has 1 unspecified atom stereocenters. The van der Waals surface area contributed by atoms with E-state index in [1.807, 2.05) is 44.0 Å². The molecule has 4 aromatic rings. The Balaban J connectivity index is 0.000000371. The van der Waals surface area contributed by atoms with Gasteiger partial charge in [0.05, 0.1) is 39.0 Å². The zero-order valence-electron chi connectivity index (χ0n) is 32.0. The summed E-state index contributed by atoms with van der Waals surface area (Å²) in [6.45, 7) is 16.9. The summed E-state index contributed by atoms with van der Waals surface area (Å²) in [6, 6.07) is 20.3. The van der Waals surface area contributed by atoms with Crippen LogP contribution in [0.25, 0.3) is 11.0 Å². The van der Waals surface area contributed by atoms with Crippen molar-refractivity contribution in [3.05, 3.63) is 83.2 Å². The van der Waals surface area contributed by atoms with Crippen molar-refractivity contribution in [2.75, 3.05) is 67.8 Å². The summed E-state index contributed by atoms with van der Waals surface area (Å²) in [6.07, 6.45) is 4.57. The molecule has 9 heteroatoms. The summed E-state index contributed by atoms with van der Waals surface area (Å²) in [5.41, 5.74) is 5.28. The van der Waals surface area contributed by atoms with E-state index in [1.54, 1.807) is 33.5 Å². The van der Waals surface area contributed by atoms with Gasteiger partial charge in [0.25, 0.3) is 5.91 Å². The lowest BCUT2D eigenvalue weighted by atomic mass is 9.93. The molecule has 50 heavy (non-hydrogen) atoms. The zero-order chi connectivity index (χ0) is 36.5. The van der Waals surface area contributed by atoms with Crippen LogP contribution in [0.5, 0.6) is 17.2 Å².